The Kier molecular flexibility index (Phi) is 5.86. The van der Waals surface area contributed by atoms with Crippen LogP contribution in [0.1, 0.15) is 13.3 Å². The number of likely N-dealkylation sites (N-methyl/N-ethyl adjacent to an activating group) is 1. The van der Waals surface area contributed by atoms with Crippen LogP contribution in [-0.4, -0.2) is 55.3 Å². The van der Waals surface area contributed by atoms with Crippen molar-refractivity contribution >= 4 is 11.8 Å². The van der Waals surface area contributed by atoms with Crippen molar-refractivity contribution in [3.8, 4) is 0 Å². The van der Waals surface area contributed by atoms with Crippen molar-refractivity contribution in [2.75, 3.05) is 39.0 Å². The molecule has 0 bridgehead atoms. The summed E-state index contributed by atoms with van der Waals surface area (Å²) in [4.78, 5) is 2.34. The summed E-state index contributed by atoms with van der Waals surface area (Å²) in [5.41, 5.74) is 5.51. The number of nitrogens with zero attached hydrogens (tertiary/aromatic N) is 1. The highest BCUT2D eigenvalue weighted by molar-refractivity contribution is 7.99. The lowest BCUT2D eigenvalue weighted by Crippen LogP contribution is -2.41. The number of morpholine rings is 1. The lowest BCUT2D eigenvalue weighted by molar-refractivity contribution is -0.00602. The third-order valence-electron chi connectivity index (χ3n) is 2.48. The predicted octanol–water partition coefficient (Wildman–Crippen LogP) is 0.788. The van der Waals surface area contributed by atoms with Crippen molar-refractivity contribution in [2.45, 2.75) is 24.7 Å². The van der Waals surface area contributed by atoms with Crippen molar-refractivity contribution in [1.82, 2.24) is 4.90 Å². The molecule has 2 N–H and O–H groups in total. The second-order valence-electron chi connectivity index (χ2n) is 3.98. The van der Waals surface area contributed by atoms with Gasteiger partial charge in [-0.2, -0.15) is 11.8 Å². The number of hydrogen-bond acceptors (Lipinski definition) is 4. The summed E-state index contributed by atoms with van der Waals surface area (Å²) in [7, 11) is 2.16. The molecule has 84 valence electrons. The molecule has 1 aliphatic rings. The molecule has 1 heterocycles. The molecule has 2 atom stereocenters. The molecule has 14 heavy (non-hydrogen) atoms. The Morgan fingerprint density at radius 1 is 1.64 bits per heavy atom. The molecule has 1 fully saturated rings. The molecule has 3 nitrogen and oxygen atoms in total. The van der Waals surface area contributed by atoms with E-state index in [0.29, 0.717) is 11.4 Å². The summed E-state index contributed by atoms with van der Waals surface area (Å²) in [5.74, 6) is 1.10. The minimum atomic E-state index is 0.416. The second-order valence-corrected chi connectivity index (χ2v) is 5.45. The average molecular weight is 218 g/mol. The van der Waals surface area contributed by atoms with Crippen LogP contribution in [0.5, 0.6) is 0 Å². The molecule has 2 unspecified atom stereocenters. The van der Waals surface area contributed by atoms with E-state index in [9.17, 15) is 0 Å². The van der Waals surface area contributed by atoms with Crippen molar-refractivity contribution in [1.29, 1.82) is 0 Å². The van der Waals surface area contributed by atoms with Crippen LogP contribution >= 0.6 is 11.8 Å². The number of thioether (sulfide) groups is 1. The van der Waals surface area contributed by atoms with Crippen LogP contribution in [-0.2, 0) is 4.74 Å². The first-order chi connectivity index (χ1) is 6.72. The first-order valence-corrected chi connectivity index (χ1v) is 6.39. The normalized spacial score (nSPS) is 26.4. The van der Waals surface area contributed by atoms with E-state index in [1.54, 1.807) is 0 Å². The van der Waals surface area contributed by atoms with Crippen LogP contribution in [0.4, 0.5) is 0 Å². The summed E-state index contributed by atoms with van der Waals surface area (Å²) in [6, 6.07) is 0. The molecule has 0 saturated carbocycles. The van der Waals surface area contributed by atoms with Gasteiger partial charge < -0.3 is 15.4 Å². The molecule has 0 amide bonds. The van der Waals surface area contributed by atoms with Gasteiger partial charge in [-0.3, -0.25) is 0 Å². The first-order valence-electron chi connectivity index (χ1n) is 5.34. The summed E-state index contributed by atoms with van der Waals surface area (Å²) in [5, 5.41) is 0.663. The standard InChI is InChI=1S/C10H22N2OS/c1-9(3-4-11)14-8-10-7-12(2)5-6-13-10/h9-10H,3-8,11H2,1-2H3. The minimum absolute atomic E-state index is 0.416. The first kappa shape index (κ1) is 12.3. The Bertz CT molecular complexity index is 157. The van der Waals surface area contributed by atoms with Gasteiger partial charge in [-0.25, -0.2) is 0 Å². The quantitative estimate of drug-likeness (QED) is 0.740. The number of nitrogens with two attached hydrogens (primary N) is 1. The summed E-state index contributed by atoms with van der Waals surface area (Å²) in [6.45, 7) is 6.05. The van der Waals surface area contributed by atoms with Crippen LogP contribution in [0.15, 0.2) is 0 Å². The van der Waals surface area contributed by atoms with E-state index in [1.807, 2.05) is 11.8 Å². The van der Waals surface area contributed by atoms with Crippen molar-refractivity contribution in [2.24, 2.45) is 5.73 Å². The van der Waals surface area contributed by atoms with E-state index in [2.05, 4.69) is 18.9 Å². The van der Waals surface area contributed by atoms with E-state index in [-0.39, 0.29) is 0 Å². The zero-order valence-corrected chi connectivity index (χ0v) is 10.1. The number of hydrogen-bond donors (Lipinski definition) is 1. The maximum atomic E-state index is 5.68. The van der Waals surface area contributed by atoms with Gasteiger partial charge in [0.25, 0.3) is 0 Å². The van der Waals surface area contributed by atoms with Crippen LogP contribution in [0.2, 0.25) is 0 Å². The summed E-state index contributed by atoms with van der Waals surface area (Å²) in [6.07, 6.45) is 1.52. The fourth-order valence-corrected chi connectivity index (χ4v) is 2.60. The highest BCUT2D eigenvalue weighted by Gasteiger charge is 2.18. The van der Waals surface area contributed by atoms with E-state index in [1.165, 1.54) is 0 Å². The molecule has 0 aromatic rings. The molecular weight excluding hydrogens is 196 g/mol. The number of ether oxygens (including phenoxy) is 1. The summed E-state index contributed by atoms with van der Waals surface area (Å²) >= 11 is 1.98. The van der Waals surface area contributed by atoms with Gasteiger partial charge in [0.15, 0.2) is 0 Å². The van der Waals surface area contributed by atoms with E-state index < -0.39 is 0 Å². The fraction of sp³-hybridized carbons (Fsp3) is 1.00. The van der Waals surface area contributed by atoms with Gasteiger partial charge in [-0.15, -0.1) is 0 Å². The zero-order valence-electron chi connectivity index (χ0n) is 9.24. The second kappa shape index (κ2) is 6.67. The van der Waals surface area contributed by atoms with Gasteiger partial charge in [0, 0.05) is 24.1 Å². The average Bonchev–Trinajstić information content (AvgIpc) is 2.15. The molecule has 4 heteroatoms. The van der Waals surface area contributed by atoms with Crippen LogP contribution in [0, 0.1) is 0 Å². The lowest BCUT2D eigenvalue weighted by Gasteiger charge is -2.30. The van der Waals surface area contributed by atoms with E-state index >= 15 is 0 Å². The van der Waals surface area contributed by atoms with Gasteiger partial charge in [-0.1, -0.05) is 6.92 Å². The third kappa shape index (κ3) is 4.64. The topological polar surface area (TPSA) is 38.5 Å². The Morgan fingerprint density at radius 3 is 3.07 bits per heavy atom. The smallest absolute Gasteiger partial charge is 0.0792 e. The Balaban J connectivity index is 2.10. The van der Waals surface area contributed by atoms with Crippen LogP contribution in [0.25, 0.3) is 0 Å². The molecule has 0 radical (unpaired) electrons. The largest absolute Gasteiger partial charge is 0.375 e. The van der Waals surface area contributed by atoms with Crippen molar-refractivity contribution in [3.63, 3.8) is 0 Å². The molecule has 0 aromatic carbocycles. The SMILES string of the molecule is CC(CCN)SCC1CN(C)CCO1. The highest BCUT2D eigenvalue weighted by atomic mass is 32.2. The van der Waals surface area contributed by atoms with Crippen molar-refractivity contribution in [3.05, 3.63) is 0 Å². The molecule has 1 saturated heterocycles. The van der Waals surface area contributed by atoms with Crippen LogP contribution in [0.3, 0.4) is 0 Å². The Labute approximate surface area is 91.4 Å². The molecule has 0 aromatic heterocycles. The van der Waals surface area contributed by atoms with Gasteiger partial charge in [0.2, 0.25) is 0 Å². The maximum Gasteiger partial charge on any atom is 0.0792 e. The third-order valence-corrected chi connectivity index (χ3v) is 3.85. The fourth-order valence-electron chi connectivity index (χ4n) is 1.56. The van der Waals surface area contributed by atoms with Gasteiger partial charge in [0.05, 0.1) is 12.7 Å². The zero-order chi connectivity index (χ0) is 10.4. The maximum absolute atomic E-state index is 5.68. The van der Waals surface area contributed by atoms with Gasteiger partial charge in [0.1, 0.15) is 0 Å². The van der Waals surface area contributed by atoms with E-state index in [0.717, 1.165) is 38.4 Å². The van der Waals surface area contributed by atoms with Crippen molar-refractivity contribution < 1.29 is 4.74 Å². The molecule has 1 rings (SSSR count). The van der Waals surface area contributed by atoms with Gasteiger partial charge in [-0.05, 0) is 20.0 Å². The molecule has 1 aliphatic heterocycles. The minimum Gasteiger partial charge on any atom is -0.375 e. The van der Waals surface area contributed by atoms with Crippen LogP contribution < -0.4 is 5.73 Å². The molecule has 0 spiro atoms. The molecule has 0 aliphatic carbocycles. The summed E-state index contributed by atoms with van der Waals surface area (Å²) < 4.78 is 5.68. The predicted molar refractivity (Wildman–Crippen MR) is 62.8 cm³/mol. The lowest BCUT2D eigenvalue weighted by atomic mass is 10.3. The number of rotatable bonds is 5. The highest BCUT2D eigenvalue weighted by Crippen LogP contribution is 2.17. The Morgan fingerprint density at radius 2 is 2.43 bits per heavy atom. The van der Waals surface area contributed by atoms with Gasteiger partial charge >= 0.3 is 0 Å². The molecular formula is C10H22N2OS. The monoisotopic (exact) mass is 218 g/mol. The van der Waals surface area contributed by atoms with E-state index in [4.69, 9.17) is 10.5 Å². The Hall–Kier alpha value is 0.230.